The van der Waals surface area contributed by atoms with E-state index in [1.54, 1.807) is 10.9 Å². The molecule has 1 N–H and O–H groups in total. The number of rotatable bonds is 3. The Labute approximate surface area is 186 Å². The third-order valence-corrected chi connectivity index (χ3v) is 6.12. The first-order valence-corrected chi connectivity index (χ1v) is 10.6. The summed E-state index contributed by atoms with van der Waals surface area (Å²) in [6, 6.07) is 14.4. The maximum Gasteiger partial charge on any atom is 0.272 e. The first-order chi connectivity index (χ1) is 15.4. The van der Waals surface area contributed by atoms with Crippen LogP contribution in [0.3, 0.4) is 0 Å². The van der Waals surface area contributed by atoms with Gasteiger partial charge in [-0.05, 0) is 44.4 Å². The van der Waals surface area contributed by atoms with Crippen LogP contribution < -0.4 is 5.32 Å². The topological polar surface area (TPSA) is 85.6 Å². The summed E-state index contributed by atoms with van der Waals surface area (Å²) in [5.74, 6) is 0.822. The molecule has 32 heavy (non-hydrogen) atoms. The van der Waals surface area contributed by atoms with E-state index >= 15 is 0 Å². The van der Waals surface area contributed by atoms with Gasteiger partial charge in [-0.2, -0.15) is 14.9 Å². The van der Waals surface area contributed by atoms with Crippen molar-refractivity contribution in [2.45, 2.75) is 40.0 Å². The number of benzene rings is 2. The first kappa shape index (κ1) is 20.1. The Morgan fingerprint density at radius 2 is 1.78 bits per heavy atom. The molecule has 0 radical (unpaired) electrons. The maximum atomic E-state index is 12.7. The number of hydrogen-bond acceptors (Lipinski definition) is 5. The van der Waals surface area contributed by atoms with Crippen LogP contribution >= 0.6 is 0 Å². The Hall–Kier alpha value is -3.87. The van der Waals surface area contributed by atoms with E-state index < -0.39 is 0 Å². The molecule has 2 aromatic carbocycles. The molecule has 160 valence electrons. The lowest BCUT2D eigenvalue weighted by atomic mass is 9.84. The Morgan fingerprint density at radius 1 is 1.00 bits per heavy atom. The molecule has 1 amide bonds. The molecule has 1 atom stereocenters. The summed E-state index contributed by atoms with van der Waals surface area (Å²) in [6.07, 6.45) is 2.01. The van der Waals surface area contributed by atoms with E-state index in [-0.39, 0.29) is 11.8 Å². The minimum absolute atomic E-state index is 0.0514. The normalized spacial score (nSPS) is 15.4. The molecule has 0 bridgehead atoms. The summed E-state index contributed by atoms with van der Waals surface area (Å²) in [5, 5.41) is 16.1. The van der Waals surface area contributed by atoms with Gasteiger partial charge in [0.1, 0.15) is 5.82 Å². The molecule has 0 unspecified atom stereocenters. The van der Waals surface area contributed by atoms with E-state index in [0.29, 0.717) is 23.9 Å². The molecule has 1 aliphatic rings. The monoisotopic (exact) mass is 424 g/mol. The lowest BCUT2D eigenvalue weighted by Crippen LogP contribution is -2.25. The highest BCUT2D eigenvalue weighted by atomic mass is 16.1. The van der Waals surface area contributed by atoms with Gasteiger partial charge in [0.15, 0.2) is 0 Å². The fourth-order valence-corrected chi connectivity index (χ4v) is 4.21. The van der Waals surface area contributed by atoms with Gasteiger partial charge in [-0.15, -0.1) is 5.10 Å². The van der Waals surface area contributed by atoms with Crippen LogP contribution in [0.15, 0.2) is 48.7 Å². The largest absolute Gasteiger partial charge is 0.310 e. The van der Waals surface area contributed by atoms with Crippen molar-refractivity contribution < 1.29 is 4.79 Å². The van der Waals surface area contributed by atoms with Crippen molar-refractivity contribution in [2.75, 3.05) is 5.32 Å². The molecule has 0 aliphatic carbocycles. The number of amides is 1. The summed E-state index contributed by atoms with van der Waals surface area (Å²) >= 11 is 0. The van der Waals surface area contributed by atoms with Gasteiger partial charge in [-0.3, -0.25) is 4.79 Å². The molecule has 0 spiro atoms. The van der Waals surface area contributed by atoms with E-state index in [9.17, 15) is 4.79 Å². The molecule has 0 saturated heterocycles. The third-order valence-electron chi connectivity index (χ3n) is 6.12. The zero-order chi connectivity index (χ0) is 22.4. The molecular weight excluding hydrogens is 400 g/mol. The van der Waals surface area contributed by atoms with Crippen LogP contribution in [0, 0.1) is 27.7 Å². The van der Waals surface area contributed by atoms with E-state index in [2.05, 4.69) is 52.5 Å². The van der Waals surface area contributed by atoms with Gasteiger partial charge in [0.25, 0.3) is 5.95 Å². The van der Waals surface area contributed by atoms with Crippen LogP contribution in [0.5, 0.6) is 0 Å². The summed E-state index contributed by atoms with van der Waals surface area (Å²) < 4.78 is 1.60. The fraction of sp³-hybridized carbons (Fsp3) is 0.240. The molecule has 5 rings (SSSR count). The predicted molar refractivity (Wildman–Crippen MR) is 123 cm³/mol. The highest BCUT2D eigenvalue weighted by molar-refractivity contribution is 5.95. The number of hydrogen-bond donors (Lipinski definition) is 1. The quantitative estimate of drug-likeness (QED) is 0.526. The van der Waals surface area contributed by atoms with Crippen molar-refractivity contribution in [1.82, 2.24) is 25.0 Å². The molecule has 1 aliphatic heterocycles. The lowest BCUT2D eigenvalue weighted by Gasteiger charge is -2.24. The van der Waals surface area contributed by atoms with Crippen molar-refractivity contribution in [3.05, 3.63) is 82.2 Å². The Balaban J connectivity index is 1.61. The van der Waals surface area contributed by atoms with Crippen molar-refractivity contribution in [1.29, 1.82) is 0 Å². The summed E-state index contributed by atoms with van der Waals surface area (Å²) in [7, 11) is 0. The molecule has 7 nitrogen and oxygen atoms in total. The fourth-order valence-electron chi connectivity index (χ4n) is 4.21. The lowest BCUT2D eigenvalue weighted by molar-refractivity contribution is -0.116. The number of carbonyl (C=O) groups is 1. The molecule has 0 fully saturated rings. The van der Waals surface area contributed by atoms with E-state index in [0.717, 1.165) is 22.4 Å². The average Bonchev–Trinajstić information content (AvgIpc) is 3.12. The Kier molecular flexibility index (Phi) is 4.81. The van der Waals surface area contributed by atoms with E-state index in [4.69, 9.17) is 5.10 Å². The van der Waals surface area contributed by atoms with Crippen molar-refractivity contribution in [2.24, 2.45) is 0 Å². The molecular formula is C25H24N6O. The number of anilines is 1. The second-order valence-corrected chi connectivity index (χ2v) is 8.42. The van der Waals surface area contributed by atoms with Gasteiger partial charge < -0.3 is 5.32 Å². The Bertz CT molecular complexity index is 1340. The second-order valence-electron chi connectivity index (χ2n) is 8.42. The summed E-state index contributed by atoms with van der Waals surface area (Å²) in [6.45, 7) is 8.18. The van der Waals surface area contributed by atoms with Crippen LogP contribution in [0.1, 0.15) is 45.8 Å². The molecule has 0 saturated carbocycles. The van der Waals surface area contributed by atoms with Crippen LogP contribution in [0.4, 0.5) is 5.82 Å². The van der Waals surface area contributed by atoms with Crippen LogP contribution in [0.2, 0.25) is 0 Å². The van der Waals surface area contributed by atoms with Gasteiger partial charge in [0.05, 0.1) is 17.6 Å². The number of nitrogens with zero attached hydrogens (tertiary/aromatic N) is 5. The van der Waals surface area contributed by atoms with Gasteiger partial charge in [0, 0.05) is 23.5 Å². The van der Waals surface area contributed by atoms with Gasteiger partial charge in [-0.25, -0.2) is 4.98 Å². The first-order valence-electron chi connectivity index (χ1n) is 10.6. The van der Waals surface area contributed by atoms with Crippen LogP contribution in [0.25, 0.3) is 17.2 Å². The molecule has 3 heterocycles. The number of carbonyl (C=O) groups excluding carboxylic acids is 1. The maximum absolute atomic E-state index is 12.7. The predicted octanol–water partition coefficient (Wildman–Crippen LogP) is 4.43. The van der Waals surface area contributed by atoms with Crippen LogP contribution in [-0.2, 0) is 4.79 Å². The smallest absolute Gasteiger partial charge is 0.272 e. The zero-order valence-corrected chi connectivity index (χ0v) is 18.5. The summed E-state index contributed by atoms with van der Waals surface area (Å²) in [4.78, 5) is 17.4. The van der Waals surface area contributed by atoms with E-state index in [1.165, 1.54) is 16.7 Å². The van der Waals surface area contributed by atoms with Crippen LogP contribution in [-0.4, -0.2) is 30.9 Å². The number of fused-ring (bicyclic) bond motifs is 1. The van der Waals surface area contributed by atoms with Crippen molar-refractivity contribution in [3.8, 4) is 17.2 Å². The minimum Gasteiger partial charge on any atom is -0.310 e. The zero-order valence-electron chi connectivity index (χ0n) is 18.5. The standard InChI is InChI=1S/C25H24N6O/c1-14-5-8-18(9-6-14)21-13-26-29-25(27-21)31-24-23(17(4)30-31)20(12-22(32)28-24)19-10-7-15(2)16(3)11-19/h5-11,13,20H,12H2,1-4H3,(H,28,32)/t20-/m0/s1. The minimum atomic E-state index is -0.0694. The van der Waals surface area contributed by atoms with Gasteiger partial charge in [-0.1, -0.05) is 48.0 Å². The Morgan fingerprint density at radius 3 is 2.53 bits per heavy atom. The van der Waals surface area contributed by atoms with E-state index in [1.807, 2.05) is 38.1 Å². The van der Waals surface area contributed by atoms with Gasteiger partial charge >= 0.3 is 0 Å². The van der Waals surface area contributed by atoms with Crippen molar-refractivity contribution >= 4 is 11.7 Å². The highest BCUT2D eigenvalue weighted by Gasteiger charge is 2.33. The summed E-state index contributed by atoms with van der Waals surface area (Å²) in [5.41, 5.74) is 8.20. The van der Waals surface area contributed by atoms with Gasteiger partial charge in [0.2, 0.25) is 5.91 Å². The SMILES string of the molecule is Cc1ccc(-c2cnnc(-n3nc(C)c4c3NC(=O)C[C@H]4c3ccc(C)c(C)c3)n2)cc1. The average molecular weight is 425 g/mol. The number of nitrogens with one attached hydrogen (secondary N) is 1. The third kappa shape index (κ3) is 3.45. The second kappa shape index (κ2) is 7.67. The number of aromatic nitrogens is 5. The highest BCUT2D eigenvalue weighted by Crippen LogP contribution is 2.40. The molecule has 4 aromatic rings. The number of aryl methyl sites for hydroxylation is 4. The molecule has 2 aromatic heterocycles. The van der Waals surface area contributed by atoms with Crippen molar-refractivity contribution in [3.63, 3.8) is 0 Å². The molecule has 7 heteroatoms.